The summed E-state index contributed by atoms with van der Waals surface area (Å²) in [6.45, 7) is 0. The Kier molecular flexibility index (Phi) is 6.34. The summed E-state index contributed by atoms with van der Waals surface area (Å²) >= 11 is 8.62. The number of primary sulfonamides is 1. The second-order valence-corrected chi connectivity index (χ2v) is 13.1. The van der Waals surface area contributed by atoms with E-state index >= 15 is 0 Å². The van der Waals surface area contributed by atoms with Gasteiger partial charge in [-0.1, -0.05) is 54.6 Å². The van der Waals surface area contributed by atoms with Gasteiger partial charge >= 0.3 is 0 Å². The number of halogens is 1. The number of alkyl halides is 1. The Morgan fingerprint density at radius 3 is 2.50 bits per heavy atom. The summed E-state index contributed by atoms with van der Waals surface area (Å²) in [5, 5.41) is 22.6. The monoisotopic (exact) mass is 565 g/mol. The molecule has 0 radical (unpaired) electrons. The Labute approximate surface area is 229 Å². The van der Waals surface area contributed by atoms with E-state index in [-0.39, 0.29) is 44.0 Å². The number of sulfonamides is 1. The average Bonchev–Trinajstić information content (AvgIpc) is 3.23. The van der Waals surface area contributed by atoms with Crippen LogP contribution in [-0.4, -0.2) is 24.0 Å². The summed E-state index contributed by atoms with van der Waals surface area (Å²) in [6.07, 6.45) is 0.690. The van der Waals surface area contributed by atoms with Crippen molar-refractivity contribution in [1.82, 2.24) is 0 Å². The van der Waals surface area contributed by atoms with Crippen molar-refractivity contribution in [3.05, 3.63) is 106 Å². The van der Waals surface area contributed by atoms with Crippen molar-refractivity contribution in [2.24, 2.45) is 11.1 Å². The van der Waals surface area contributed by atoms with Crippen molar-refractivity contribution < 1.29 is 13.3 Å². The quantitative estimate of drug-likeness (QED) is 0.163. The highest BCUT2D eigenvalue weighted by Gasteiger charge is 2.50. The minimum absolute atomic E-state index is 0.0202. The third-order valence-corrected chi connectivity index (χ3v) is 10.6. The fourth-order valence-electron chi connectivity index (χ4n) is 5.97. The SMILES string of the molecule is NS(=O)(=O)c1ccc2c(c1)[C@H]1[C@@H](Cl)[C@@H](Sc3ccccc3[N+](=O)[O-])C[C@@H]1[C@H](c1cccc3ccccc13)N2. The number of rotatable bonds is 5. The zero-order valence-electron chi connectivity index (χ0n) is 20.0. The van der Waals surface area contributed by atoms with Crippen LogP contribution >= 0.6 is 23.4 Å². The normalized spacial score (nSPS) is 24.4. The van der Waals surface area contributed by atoms with Crippen LogP contribution in [-0.2, 0) is 10.0 Å². The van der Waals surface area contributed by atoms with Crippen molar-refractivity contribution in [2.45, 2.75) is 38.8 Å². The van der Waals surface area contributed by atoms with Crippen molar-refractivity contribution in [2.75, 3.05) is 5.32 Å². The highest BCUT2D eigenvalue weighted by Crippen LogP contribution is 2.58. The third-order valence-electron chi connectivity index (χ3n) is 7.61. The maximum absolute atomic E-state index is 12.2. The molecule has 0 bridgehead atoms. The Balaban J connectivity index is 1.47. The number of nitro groups is 1. The van der Waals surface area contributed by atoms with E-state index in [1.165, 1.54) is 23.9 Å². The van der Waals surface area contributed by atoms with E-state index in [2.05, 4.69) is 29.6 Å². The molecule has 0 saturated heterocycles. The highest BCUT2D eigenvalue weighted by atomic mass is 35.5. The maximum atomic E-state index is 12.2. The molecule has 10 heteroatoms. The number of para-hydroxylation sites is 1. The number of benzene rings is 4. The van der Waals surface area contributed by atoms with Crippen LogP contribution in [0.2, 0.25) is 0 Å². The second kappa shape index (κ2) is 9.57. The summed E-state index contributed by atoms with van der Waals surface area (Å²) in [7, 11) is -3.91. The van der Waals surface area contributed by atoms with E-state index in [1.54, 1.807) is 30.3 Å². The molecule has 7 nitrogen and oxygen atoms in total. The maximum Gasteiger partial charge on any atom is 0.282 e. The lowest BCUT2D eigenvalue weighted by molar-refractivity contribution is -0.387. The summed E-state index contributed by atoms with van der Waals surface area (Å²) in [5.74, 6) is -0.161. The predicted octanol–water partition coefficient (Wildman–Crippen LogP) is 6.43. The van der Waals surface area contributed by atoms with Crippen LogP contribution in [0.1, 0.15) is 29.5 Å². The van der Waals surface area contributed by atoms with Crippen LogP contribution in [0.5, 0.6) is 0 Å². The molecule has 1 fully saturated rings. The van der Waals surface area contributed by atoms with Crippen LogP contribution in [0.3, 0.4) is 0 Å². The molecule has 2 aliphatic rings. The van der Waals surface area contributed by atoms with Gasteiger partial charge in [0.1, 0.15) is 0 Å². The number of nitro benzene ring substituents is 1. The van der Waals surface area contributed by atoms with Gasteiger partial charge in [-0.3, -0.25) is 10.1 Å². The van der Waals surface area contributed by atoms with Crippen LogP contribution in [0, 0.1) is 16.0 Å². The summed E-state index contributed by atoms with van der Waals surface area (Å²) in [5.41, 5.74) is 2.82. The fourth-order valence-corrected chi connectivity index (χ4v) is 8.46. The van der Waals surface area contributed by atoms with E-state index < -0.39 is 10.0 Å². The number of fused-ring (bicyclic) bond motifs is 4. The van der Waals surface area contributed by atoms with Gasteiger partial charge in [-0.2, -0.15) is 0 Å². The molecule has 1 aliphatic carbocycles. The van der Waals surface area contributed by atoms with Crippen molar-refractivity contribution in [3.8, 4) is 0 Å². The first kappa shape index (κ1) is 25.2. The van der Waals surface area contributed by atoms with Gasteiger partial charge < -0.3 is 5.32 Å². The molecule has 1 aliphatic heterocycles. The minimum atomic E-state index is -3.91. The van der Waals surface area contributed by atoms with Gasteiger partial charge in [0.05, 0.1) is 26.1 Å². The lowest BCUT2D eigenvalue weighted by atomic mass is 9.76. The van der Waals surface area contributed by atoms with Gasteiger partial charge in [-0.25, -0.2) is 13.6 Å². The number of nitrogens with zero attached hydrogens (tertiary/aromatic N) is 1. The number of nitrogens with one attached hydrogen (secondary N) is 1. The molecule has 194 valence electrons. The molecular formula is C28H24ClN3O4S2. The number of anilines is 1. The first-order valence-corrected chi connectivity index (χ1v) is 15.0. The van der Waals surface area contributed by atoms with Gasteiger partial charge in [-0.15, -0.1) is 23.4 Å². The molecule has 5 atom stereocenters. The topological polar surface area (TPSA) is 115 Å². The molecule has 0 spiro atoms. The standard InChI is InChI=1S/C28H24ClN3O4S2/c29-27-25(37-24-11-4-3-10-23(24)32(33)34)15-21-26(27)20-14-17(38(30,35)36)12-13-22(20)31-28(21)19-9-5-7-16-6-1-2-8-18(16)19/h1-14,21,25-28,31H,15H2,(H2,30,35,36)/t21-,25-,26+,27-,28-/m0/s1. The zero-order chi connectivity index (χ0) is 26.6. The predicted molar refractivity (Wildman–Crippen MR) is 151 cm³/mol. The van der Waals surface area contributed by atoms with Crippen molar-refractivity contribution in [1.29, 1.82) is 0 Å². The lowest BCUT2D eigenvalue weighted by Gasteiger charge is -2.39. The number of hydrogen-bond acceptors (Lipinski definition) is 6. The molecule has 0 aromatic heterocycles. The van der Waals surface area contributed by atoms with Gasteiger partial charge in [0, 0.05) is 22.9 Å². The number of hydrogen-bond donors (Lipinski definition) is 2. The van der Waals surface area contributed by atoms with Crippen LogP contribution < -0.4 is 10.5 Å². The highest BCUT2D eigenvalue weighted by molar-refractivity contribution is 8.00. The number of thioether (sulfide) groups is 1. The van der Waals surface area contributed by atoms with E-state index in [4.69, 9.17) is 16.7 Å². The average molecular weight is 566 g/mol. The van der Waals surface area contributed by atoms with E-state index in [0.29, 0.717) is 11.3 Å². The minimum Gasteiger partial charge on any atom is -0.378 e. The summed E-state index contributed by atoms with van der Waals surface area (Å²) < 4.78 is 24.4. The van der Waals surface area contributed by atoms with Crippen LogP contribution in [0.4, 0.5) is 11.4 Å². The molecule has 6 rings (SSSR count). The molecule has 4 aromatic carbocycles. The van der Waals surface area contributed by atoms with Gasteiger partial charge in [0.15, 0.2) is 0 Å². The fraction of sp³-hybridized carbons (Fsp3) is 0.214. The Hall–Kier alpha value is -3.11. The third kappa shape index (κ3) is 4.33. The van der Waals surface area contributed by atoms with E-state index in [0.717, 1.165) is 27.6 Å². The number of nitrogens with two attached hydrogens (primary N) is 1. The first-order chi connectivity index (χ1) is 18.2. The van der Waals surface area contributed by atoms with Gasteiger partial charge in [-0.05, 0) is 58.5 Å². The Morgan fingerprint density at radius 2 is 1.71 bits per heavy atom. The molecular weight excluding hydrogens is 542 g/mol. The van der Waals surface area contributed by atoms with Crippen molar-refractivity contribution >= 4 is 55.5 Å². The smallest absolute Gasteiger partial charge is 0.282 e. The molecule has 3 N–H and O–H groups in total. The molecule has 4 aromatic rings. The second-order valence-electron chi connectivity index (χ2n) is 9.74. The van der Waals surface area contributed by atoms with Crippen molar-refractivity contribution in [3.63, 3.8) is 0 Å². The van der Waals surface area contributed by atoms with E-state index in [1.807, 2.05) is 18.2 Å². The molecule has 0 unspecified atom stereocenters. The Morgan fingerprint density at radius 1 is 0.974 bits per heavy atom. The Bertz CT molecular complexity index is 1670. The lowest BCUT2D eigenvalue weighted by Crippen LogP contribution is -2.31. The molecule has 0 amide bonds. The van der Waals surface area contributed by atoms with Gasteiger partial charge in [0.25, 0.3) is 5.69 Å². The van der Waals surface area contributed by atoms with Crippen LogP contribution in [0.15, 0.2) is 94.7 Å². The molecule has 38 heavy (non-hydrogen) atoms. The first-order valence-electron chi connectivity index (χ1n) is 12.2. The zero-order valence-corrected chi connectivity index (χ0v) is 22.4. The molecule has 1 heterocycles. The van der Waals surface area contributed by atoms with E-state index in [9.17, 15) is 18.5 Å². The summed E-state index contributed by atoms with van der Waals surface area (Å²) in [6, 6.07) is 26.0. The summed E-state index contributed by atoms with van der Waals surface area (Å²) in [4.78, 5) is 11.9. The molecule has 1 saturated carbocycles. The largest absolute Gasteiger partial charge is 0.378 e. The van der Waals surface area contributed by atoms with Gasteiger partial charge in [0.2, 0.25) is 10.0 Å². The van der Waals surface area contributed by atoms with Crippen LogP contribution in [0.25, 0.3) is 10.8 Å².